The van der Waals surface area contributed by atoms with Crippen LogP contribution in [-0.2, 0) is 0 Å². The molecule has 72 valence electrons. The van der Waals surface area contributed by atoms with Gasteiger partial charge < -0.3 is 10.0 Å². The van der Waals surface area contributed by atoms with Crippen molar-refractivity contribution in [2.45, 2.75) is 25.9 Å². The number of thiol groups is 1. The maximum Gasteiger partial charge on any atom is 0.0541 e. The Kier molecular flexibility index (Phi) is 4.40. The number of aliphatic hydroxyl groups is 1. The van der Waals surface area contributed by atoms with Gasteiger partial charge in [0, 0.05) is 12.3 Å². The van der Waals surface area contributed by atoms with Crippen molar-refractivity contribution in [1.82, 2.24) is 4.90 Å². The second-order valence-corrected chi connectivity index (χ2v) is 4.09. The monoisotopic (exact) mass is 189 g/mol. The number of hydrogen-bond acceptors (Lipinski definition) is 3. The Balaban J connectivity index is 2.20. The van der Waals surface area contributed by atoms with E-state index < -0.39 is 0 Å². The fourth-order valence-corrected chi connectivity index (χ4v) is 2.08. The molecule has 0 aliphatic carbocycles. The van der Waals surface area contributed by atoms with Gasteiger partial charge in [-0.3, -0.25) is 0 Å². The Hall–Kier alpha value is 0.270. The van der Waals surface area contributed by atoms with Gasteiger partial charge in [-0.25, -0.2) is 0 Å². The van der Waals surface area contributed by atoms with Crippen LogP contribution in [0.25, 0.3) is 0 Å². The summed E-state index contributed by atoms with van der Waals surface area (Å²) in [5.74, 6) is 1.47. The van der Waals surface area contributed by atoms with E-state index in [0.29, 0.717) is 5.92 Å². The Bertz CT molecular complexity index is 122. The molecule has 0 spiro atoms. The van der Waals surface area contributed by atoms with Crippen LogP contribution in [0.15, 0.2) is 0 Å². The minimum atomic E-state index is -0.122. The van der Waals surface area contributed by atoms with E-state index in [-0.39, 0.29) is 6.10 Å². The minimum Gasteiger partial charge on any atom is -0.393 e. The molecule has 0 aromatic carbocycles. The molecule has 0 amide bonds. The third kappa shape index (κ3) is 2.96. The van der Waals surface area contributed by atoms with E-state index in [4.69, 9.17) is 0 Å². The van der Waals surface area contributed by atoms with Gasteiger partial charge in [0.05, 0.1) is 6.10 Å². The topological polar surface area (TPSA) is 23.5 Å². The lowest BCUT2D eigenvalue weighted by molar-refractivity contribution is 0.0740. The van der Waals surface area contributed by atoms with E-state index in [2.05, 4.69) is 17.5 Å². The summed E-state index contributed by atoms with van der Waals surface area (Å²) < 4.78 is 0. The third-order valence-corrected chi connectivity index (χ3v) is 2.93. The molecule has 3 heteroatoms. The fraction of sp³-hybridized carbons (Fsp3) is 1.00. The summed E-state index contributed by atoms with van der Waals surface area (Å²) in [7, 11) is 0. The molecule has 0 saturated carbocycles. The summed E-state index contributed by atoms with van der Waals surface area (Å²) in [6, 6.07) is 0. The van der Waals surface area contributed by atoms with Crippen LogP contribution in [0.3, 0.4) is 0 Å². The van der Waals surface area contributed by atoms with Crippen molar-refractivity contribution < 1.29 is 5.11 Å². The molecule has 1 unspecified atom stereocenters. The molecule has 0 radical (unpaired) electrons. The highest BCUT2D eigenvalue weighted by atomic mass is 32.1. The Morgan fingerprint density at radius 3 is 2.50 bits per heavy atom. The summed E-state index contributed by atoms with van der Waals surface area (Å²) >= 11 is 4.20. The van der Waals surface area contributed by atoms with Crippen molar-refractivity contribution in [3.05, 3.63) is 0 Å². The molecule has 2 nitrogen and oxygen atoms in total. The highest BCUT2D eigenvalue weighted by molar-refractivity contribution is 7.80. The molecular weight excluding hydrogens is 170 g/mol. The van der Waals surface area contributed by atoms with Gasteiger partial charge in [0.1, 0.15) is 0 Å². The van der Waals surface area contributed by atoms with Gasteiger partial charge in [0.2, 0.25) is 0 Å². The van der Waals surface area contributed by atoms with E-state index in [9.17, 15) is 5.11 Å². The molecule has 0 aromatic rings. The molecular formula is C9H19NOS. The zero-order chi connectivity index (χ0) is 8.97. The standard InChI is InChI=1S/C9H19NOS/c1-8(11)9-2-4-10(5-3-9)6-7-12/h8-9,11-12H,2-7H2,1H3. The first-order chi connectivity index (χ1) is 5.74. The van der Waals surface area contributed by atoms with Crippen LogP contribution >= 0.6 is 12.6 Å². The summed E-state index contributed by atoms with van der Waals surface area (Å²) in [4.78, 5) is 2.42. The average Bonchev–Trinajstić information content (AvgIpc) is 2.06. The summed E-state index contributed by atoms with van der Waals surface area (Å²) in [5, 5.41) is 9.36. The van der Waals surface area contributed by atoms with Crippen molar-refractivity contribution in [2.24, 2.45) is 5.92 Å². The van der Waals surface area contributed by atoms with Crippen LogP contribution in [0.1, 0.15) is 19.8 Å². The maximum absolute atomic E-state index is 9.36. The SMILES string of the molecule is CC(O)C1CCN(CCS)CC1. The van der Waals surface area contributed by atoms with Gasteiger partial charge in [0.25, 0.3) is 0 Å². The van der Waals surface area contributed by atoms with Crippen molar-refractivity contribution >= 4 is 12.6 Å². The van der Waals surface area contributed by atoms with Gasteiger partial charge in [-0.15, -0.1) is 0 Å². The van der Waals surface area contributed by atoms with E-state index in [1.807, 2.05) is 6.92 Å². The van der Waals surface area contributed by atoms with Crippen LogP contribution in [-0.4, -0.2) is 41.5 Å². The molecule has 1 heterocycles. The van der Waals surface area contributed by atoms with Gasteiger partial charge in [-0.2, -0.15) is 12.6 Å². The molecule has 1 saturated heterocycles. The Labute approximate surface area is 80.4 Å². The Morgan fingerprint density at radius 1 is 1.50 bits per heavy atom. The van der Waals surface area contributed by atoms with Crippen molar-refractivity contribution in [3.63, 3.8) is 0 Å². The maximum atomic E-state index is 9.36. The first-order valence-electron chi connectivity index (χ1n) is 4.75. The second kappa shape index (κ2) is 5.10. The lowest BCUT2D eigenvalue weighted by Crippen LogP contribution is -2.37. The van der Waals surface area contributed by atoms with Gasteiger partial charge in [-0.1, -0.05) is 0 Å². The van der Waals surface area contributed by atoms with Crippen LogP contribution in [0, 0.1) is 5.92 Å². The van der Waals surface area contributed by atoms with E-state index in [0.717, 1.165) is 38.2 Å². The van der Waals surface area contributed by atoms with Crippen LogP contribution in [0.5, 0.6) is 0 Å². The summed E-state index contributed by atoms with van der Waals surface area (Å²) in [6.45, 7) is 5.26. The van der Waals surface area contributed by atoms with E-state index >= 15 is 0 Å². The van der Waals surface area contributed by atoms with E-state index in [1.54, 1.807) is 0 Å². The Morgan fingerprint density at radius 2 is 2.08 bits per heavy atom. The second-order valence-electron chi connectivity index (χ2n) is 3.64. The lowest BCUT2D eigenvalue weighted by atomic mass is 9.92. The third-order valence-electron chi connectivity index (χ3n) is 2.73. The predicted octanol–water partition coefficient (Wildman–Crippen LogP) is 1.01. The molecule has 0 bridgehead atoms. The number of piperidine rings is 1. The number of likely N-dealkylation sites (tertiary alicyclic amines) is 1. The number of nitrogens with zero attached hydrogens (tertiary/aromatic N) is 1. The summed E-state index contributed by atoms with van der Waals surface area (Å²) in [5.41, 5.74) is 0. The quantitative estimate of drug-likeness (QED) is 0.647. The first kappa shape index (κ1) is 10.4. The average molecular weight is 189 g/mol. The van der Waals surface area contributed by atoms with Crippen molar-refractivity contribution in [2.75, 3.05) is 25.4 Å². The van der Waals surface area contributed by atoms with Crippen molar-refractivity contribution in [1.29, 1.82) is 0 Å². The lowest BCUT2D eigenvalue weighted by Gasteiger charge is -2.32. The van der Waals surface area contributed by atoms with Crippen molar-refractivity contribution in [3.8, 4) is 0 Å². The van der Waals surface area contributed by atoms with E-state index in [1.165, 1.54) is 0 Å². The number of hydrogen-bond donors (Lipinski definition) is 2. The summed E-state index contributed by atoms with van der Waals surface area (Å²) in [6.07, 6.45) is 2.17. The highest BCUT2D eigenvalue weighted by Crippen LogP contribution is 2.19. The normalized spacial score (nSPS) is 24.2. The predicted molar refractivity (Wildman–Crippen MR) is 54.7 cm³/mol. The van der Waals surface area contributed by atoms with Gasteiger partial charge in [0.15, 0.2) is 0 Å². The van der Waals surface area contributed by atoms with Gasteiger partial charge in [-0.05, 0) is 38.8 Å². The molecule has 1 aliphatic rings. The molecule has 1 aliphatic heterocycles. The molecule has 1 N–H and O–H groups in total. The van der Waals surface area contributed by atoms with Crippen LogP contribution < -0.4 is 0 Å². The molecule has 12 heavy (non-hydrogen) atoms. The zero-order valence-corrected chi connectivity index (χ0v) is 8.63. The smallest absolute Gasteiger partial charge is 0.0541 e. The van der Waals surface area contributed by atoms with Crippen LogP contribution in [0.2, 0.25) is 0 Å². The number of rotatable bonds is 3. The zero-order valence-electron chi connectivity index (χ0n) is 7.74. The highest BCUT2D eigenvalue weighted by Gasteiger charge is 2.21. The largest absolute Gasteiger partial charge is 0.393 e. The first-order valence-corrected chi connectivity index (χ1v) is 5.38. The molecule has 1 rings (SSSR count). The fourth-order valence-electron chi connectivity index (χ4n) is 1.80. The molecule has 1 fully saturated rings. The van der Waals surface area contributed by atoms with Gasteiger partial charge >= 0.3 is 0 Å². The molecule has 0 aromatic heterocycles. The number of aliphatic hydroxyl groups excluding tert-OH is 1. The minimum absolute atomic E-state index is 0.122. The van der Waals surface area contributed by atoms with Crippen LogP contribution in [0.4, 0.5) is 0 Å². The molecule has 1 atom stereocenters.